The maximum absolute atomic E-state index is 12.0. The molecule has 0 aliphatic heterocycles. The van der Waals surface area contributed by atoms with Crippen molar-refractivity contribution < 1.29 is 4.79 Å². The summed E-state index contributed by atoms with van der Waals surface area (Å²) >= 11 is 5.00. The highest BCUT2D eigenvalue weighted by molar-refractivity contribution is 14.0. The highest BCUT2D eigenvalue weighted by Gasteiger charge is 2.05. The van der Waals surface area contributed by atoms with Crippen LogP contribution in [0.15, 0.2) is 39.9 Å². The summed E-state index contributed by atoms with van der Waals surface area (Å²) in [5.74, 6) is 0.589. The van der Waals surface area contributed by atoms with Gasteiger partial charge >= 0.3 is 0 Å². The van der Waals surface area contributed by atoms with Crippen molar-refractivity contribution in [2.75, 3.05) is 20.1 Å². The van der Waals surface area contributed by atoms with Gasteiger partial charge in [0.25, 0.3) is 5.91 Å². The van der Waals surface area contributed by atoms with Crippen LogP contribution in [0.5, 0.6) is 0 Å². The number of guanidine groups is 1. The second kappa shape index (κ2) is 11.4. The van der Waals surface area contributed by atoms with E-state index in [9.17, 15) is 4.79 Å². The summed E-state index contributed by atoms with van der Waals surface area (Å²) in [6.45, 7) is 3.75. The van der Waals surface area contributed by atoms with Gasteiger partial charge in [-0.25, -0.2) is 4.98 Å². The predicted molar refractivity (Wildman–Crippen MR) is 117 cm³/mol. The number of nitrogens with one attached hydrogen (secondary N) is 3. The number of benzene rings is 1. The molecule has 0 spiro atoms. The maximum atomic E-state index is 12.0. The van der Waals surface area contributed by atoms with Crippen molar-refractivity contribution in [2.24, 2.45) is 4.99 Å². The van der Waals surface area contributed by atoms with E-state index in [1.165, 1.54) is 4.88 Å². The van der Waals surface area contributed by atoms with Crippen LogP contribution in [0.25, 0.3) is 0 Å². The van der Waals surface area contributed by atoms with E-state index in [4.69, 9.17) is 0 Å². The highest BCUT2D eigenvalue weighted by atomic mass is 127. The molecule has 1 amide bonds. The molecule has 1 aromatic carbocycles. The maximum Gasteiger partial charge on any atom is 0.251 e. The Morgan fingerprint density at radius 2 is 1.88 bits per heavy atom. The minimum atomic E-state index is -0.0921. The third-order valence-electron chi connectivity index (χ3n) is 3.11. The minimum Gasteiger partial charge on any atom is -0.355 e. The van der Waals surface area contributed by atoms with Crippen LogP contribution < -0.4 is 16.0 Å². The number of hydrogen-bond donors (Lipinski definition) is 3. The van der Waals surface area contributed by atoms with Gasteiger partial charge in [0, 0.05) is 41.2 Å². The fraction of sp³-hybridized carbons (Fsp3) is 0.312. The molecule has 0 saturated carbocycles. The zero-order valence-electron chi connectivity index (χ0n) is 14.0. The lowest BCUT2D eigenvalue weighted by Gasteiger charge is -2.11. The van der Waals surface area contributed by atoms with E-state index in [0.717, 1.165) is 9.48 Å². The number of carbonyl (C=O) groups excluding carboxylic acids is 1. The van der Waals surface area contributed by atoms with E-state index in [2.05, 4.69) is 41.9 Å². The number of aromatic nitrogens is 1. The van der Waals surface area contributed by atoms with E-state index in [-0.39, 0.29) is 29.9 Å². The monoisotopic (exact) mass is 537 g/mol. The van der Waals surface area contributed by atoms with Gasteiger partial charge in [-0.1, -0.05) is 15.9 Å². The first-order chi connectivity index (χ1) is 11.6. The zero-order valence-corrected chi connectivity index (χ0v) is 18.7. The molecule has 9 heteroatoms. The van der Waals surface area contributed by atoms with Crippen LogP contribution in [0.3, 0.4) is 0 Å². The molecule has 25 heavy (non-hydrogen) atoms. The Hall–Kier alpha value is -1.20. The second-order valence-electron chi connectivity index (χ2n) is 4.98. The first-order valence-electron chi connectivity index (χ1n) is 7.48. The fourth-order valence-electron chi connectivity index (χ4n) is 1.92. The summed E-state index contributed by atoms with van der Waals surface area (Å²) in [5, 5.41) is 10.2. The average molecular weight is 538 g/mol. The van der Waals surface area contributed by atoms with Crippen molar-refractivity contribution >= 4 is 63.1 Å². The van der Waals surface area contributed by atoms with Gasteiger partial charge in [-0.05, 0) is 31.2 Å². The molecule has 136 valence electrons. The first-order valence-corrected chi connectivity index (χ1v) is 9.09. The highest BCUT2D eigenvalue weighted by Crippen LogP contribution is 2.10. The van der Waals surface area contributed by atoms with Crippen LogP contribution in [0.2, 0.25) is 0 Å². The molecule has 2 rings (SSSR count). The first kappa shape index (κ1) is 21.8. The standard InChI is InChI=1S/C16H20BrN5OS.HI/c1-11-9-21-14(24-11)10-22-16(18-2)20-8-7-19-15(23)12-3-5-13(17)6-4-12;/h3-6,9H,7-8,10H2,1-2H3,(H,19,23)(H2,18,20,22);1H. The van der Waals surface area contributed by atoms with E-state index in [1.807, 2.05) is 25.3 Å². The SMILES string of the molecule is CN=C(NCCNC(=O)c1ccc(Br)cc1)NCc1ncc(C)s1.I. The number of halogens is 2. The van der Waals surface area contributed by atoms with Gasteiger partial charge in [0.1, 0.15) is 5.01 Å². The van der Waals surface area contributed by atoms with Crippen LogP contribution in [0.4, 0.5) is 0 Å². The van der Waals surface area contributed by atoms with E-state index < -0.39 is 0 Å². The Bertz CT molecular complexity index is 705. The zero-order chi connectivity index (χ0) is 17.4. The number of hydrogen-bond acceptors (Lipinski definition) is 4. The largest absolute Gasteiger partial charge is 0.355 e. The molecule has 0 aliphatic carbocycles. The van der Waals surface area contributed by atoms with Gasteiger partial charge in [0.05, 0.1) is 6.54 Å². The number of amides is 1. The Kier molecular flexibility index (Phi) is 9.98. The van der Waals surface area contributed by atoms with Crippen LogP contribution >= 0.6 is 51.2 Å². The normalized spacial score (nSPS) is 10.8. The minimum absolute atomic E-state index is 0. The topological polar surface area (TPSA) is 78.4 Å². The Balaban J connectivity index is 0.00000312. The number of aryl methyl sites for hydroxylation is 1. The second-order valence-corrected chi connectivity index (χ2v) is 7.21. The van der Waals surface area contributed by atoms with Crippen molar-refractivity contribution in [2.45, 2.75) is 13.5 Å². The van der Waals surface area contributed by atoms with Crippen LogP contribution in [0.1, 0.15) is 20.2 Å². The molecule has 2 aromatic rings. The Morgan fingerprint density at radius 3 is 2.48 bits per heavy atom. The van der Waals surface area contributed by atoms with Crippen LogP contribution in [0, 0.1) is 6.92 Å². The molecule has 0 radical (unpaired) electrons. The van der Waals surface area contributed by atoms with E-state index in [1.54, 1.807) is 30.5 Å². The summed E-state index contributed by atoms with van der Waals surface area (Å²) in [4.78, 5) is 21.6. The molecule has 0 saturated heterocycles. The Labute approximate surface area is 177 Å². The molecular formula is C16H21BrIN5OS. The molecular weight excluding hydrogens is 517 g/mol. The van der Waals surface area contributed by atoms with Gasteiger partial charge in [-0.2, -0.15) is 0 Å². The number of carbonyl (C=O) groups is 1. The van der Waals surface area contributed by atoms with Crippen molar-refractivity contribution in [3.05, 3.63) is 50.4 Å². The molecule has 0 aliphatic rings. The predicted octanol–water partition coefficient (Wildman–Crippen LogP) is 2.93. The van der Waals surface area contributed by atoms with Gasteiger partial charge in [0.15, 0.2) is 5.96 Å². The molecule has 1 aromatic heterocycles. The third kappa shape index (κ3) is 7.70. The lowest BCUT2D eigenvalue weighted by atomic mass is 10.2. The van der Waals surface area contributed by atoms with Crippen molar-refractivity contribution in [1.82, 2.24) is 20.9 Å². The van der Waals surface area contributed by atoms with Crippen molar-refractivity contribution in [1.29, 1.82) is 0 Å². The number of thiazole rings is 1. The number of rotatable bonds is 6. The van der Waals surface area contributed by atoms with E-state index >= 15 is 0 Å². The lowest BCUT2D eigenvalue weighted by Crippen LogP contribution is -2.41. The Morgan fingerprint density at radius 1 is 1.20 bits per heavy atom. The summed E-state index contributed by atoms with van der Waals surface area (Å²) in [7, 11) is 1.71. The average Bonchev–Trinajstić information content (AvgIpc) is 3.00. The van der Waals surface area contributed by atoms with Gasteiger partial charge in [-0.3, -0.25) is 9.79 Å². The third-order valence-corrected chi connectivity index (χ3v) is 4.55. The van der Waals surface area contributed by atoms with Crippen LogP contribution in [-0.2, 0) is 6.54 Å². The summed E-state index contributed by atoms with van der Waals surface area (Å²) in [6, 6.07) is 7.26. The van der Waals surface area contributed by atoms with Gasteiger partial charge in [-0.15, -0.1) is 35.3 Å². The molecule has 0 atom stereocenters. The summed E-state index contributed by atoms with van der Waals surface area (Å²) in [5.41, 5.74) is 0.639. The molecule has 6 nitrogen and oxygen atoms in total. The molecule has 0 fully saturated rings. The number of aliphatic imine (C=N–C) groups is 1. The quantitative estimate of drug-likeness (QED) is 0.229. The van der Waals surface area contributed by atoms with E-state index in [0.29, 0.717) is 31.2 Å². The molecule has 3 N–H and O–H groups in total. The number of nitrogens with zero attached hydrogens (tertiary/aromatic N) is 2. The molecule has 0 unspecified atom stereocenters. The lowest BCUT2D eigenvalue weighted by molar-refractivity contribution is 0.0954. The van der Waals surface area contributed by atoms with Gasteiger partial charge < -0.3 is 16.0 Å². The summed E-state index contributed by atoms with van der Waals surface area (Å²) < 4.78 is 0.950. The van der Waals surface area contributed by atoms with Crippen LogP contribution in [-0.4, -0.2) is 37.0 Å². The van der Waals surface area contributed by atoms with Crippen molar-refractivity contribution in [3.63, 3.8) is 0 Å². The smallest absolute Gasteiger partial charge is 0.251 e. The molecule has 1 heterocycles. The van der Waals surface area contributed by atoms with Gasteiger partial charge in [0.2, 0.25) is 0 Å². The molecule has 0 bridgehead atoms. The summed E-state index contributed by atoms with van der Waals surface area (Å²) in [6.07, 6.45) is 1.86. The fourth-order valence-corrected chi connectivity index (χ4v) is 2.91. The van der Waals surface area contributed by atoms with Crippen molar-refractivity contribution in [3.8, 4) is 0 Å².